The molecule has 8 heteroatoms. The Morgan fingerprint density at radius 1 is 0.960 bits per heavy atom. The van der Waals surface area contributed by atoms with Gasteiger partial charge in [0, 0.05) is 33.5 Å². The van der Waals surface area contributed by atoms with Gasteiger partial charge in [-0.15, -0.1) is 0 Å². The average Bonchev–Trinajstić information content (AvgIpc) is 3.31. The van der Waals surface area contributed by atoms with Crippen LogP contribution < -0.4 is 0 Å². The maximum atomic E-state index is 12.2. The van der Waals surface area contributed by atoms with Crippen LogP contribution in [-0.2, 0) is 19.1 Å². The van der Waals surface area contributed by atoms with Crippen molar-refractivity contribution in [3.63, 3.8) is 0 Å². The van der Waals surface area contributed by atoms with E-state index < -0.39 is 17.8 Å². The highest BCUT2D eigenvalue weighted by Gasteiger charge is 2.37. The summed E-state index contributed by atoms with van der Waals surface area (Å²) in [5, 5.41) is 0. The van der Waals surface area contributed by atoms with E-state index in [1.54, 1.807) is 12.3 Å². The van der Waals surface area contributed by atoms with Crippen LogP contribution in [0.2, 0.25) is 0 Å². The van der Waals surface area contributed by atoms with Gasteiger partial charge in [-0.05, 0) is 37.8 Å². The molecule has 136 valence electrons. The summed E-state index contributed by atoms with van der Waals surface area (Å²) in [6.45, 7) is 1.44. The van der Waals surface area contributed by atoms with Crippen LogP contribution in [0.25, 0.3) is 0 Å². The molecular formula is C17H23N3O5. The fourth-order valence-electron chi connectivity index (χ4n) is 3.20. The Bertz CT molecular complexity index is 576. The van der Waals surface area contributed by atoms with Crippen molar-refractivity contribution < 1.29 is 23.9 Å². The highest BCUT2D eigenvalue weighted by atomic mass is 16.5. The van der Waals surface area contributed by atoms with Gasteiger partial charge in [0.2, 0.25) is 0 Å². The van der Waals surface area contributed by atoms with E-state index in [2.05, 4.69) is 0 Å². The first-order valence-electron chi connectivity index (χ1n) is 8.50. The van der Waals surface area contributed by atoms with Crippen LogP contribution in [0.4, 0.5) is 4.79 Å². The summed E-state index contributed by atoms with van der Waals surface area (Å²) < 4.78 is 11.5. The van der Waals surface area contributed by atoms with Gasteiger partial charge in [-0.1, -0.05) is 0 Å². The second kappa shape index (κ2) is 7.37. The number of barbiturate groups is 1. The third-order valence-corrected chi connectivity index (χ3v) is 4.64. The Morgan fingerprint density at radius 3 is 1.92 bits per heavy atom. The number of nitrogens with zero attached hydrogens (tertiary/aromatic N) is 3. The van der Waals surface area contributed by atoms with Crippen molar-refractivity contribution in [2.24, 2.45) is 0 Å². The molecule has 3 rings (SSSR count). The summed E-state index contributed by atoms with van der Waals surface area (Å²) in [6.07, 6.45) is 8.61. The van der Waals surface area contributed by atoms with Crippen LogP contribution in [0.1, 0.15) is 25.7 Å². The molecular weight excluding hydrogens is 326 g/mol. The first kappa shape index (κ1) is 17.6. The van der Waals surface area contributed by atoms with Crippen molar-refractivity contribution in [3.8, 4) is 0 Å². The molecule has 0 spiro atoms. The summed E-state index contributed by atoms with van der Waals surface area (Å²) in [7, 11) is 2.71. The normalized spacial score (nSPS) is 27.8. The number of ether oxygens (including phenoxy) is 2. The van der Waals surface area contributed by atoms with Crippen molar-refractivity contribution in [1.29, 1.82) is 0 Å². The van der Waals surface area contributed by atoms with E-state index in [0.717, 1.165) is 48.7 Å². The van der Waals surface area contributed by atoms with Gasteiger partial charge in [0.1, 0.15) is 18.0 Å². The van der Waals surface area contributed by atoms with E-state index in [1.165, 1.54) is 20.2 Å². The molecule has 0 bridgehead atoms. The third kappa shape index (κ3) is 3.45. The number of amides is 4. The molecule has 0 radical (unpaired) electrons. The van der Waals surface area contributed by atoms with Crippen molar-refractivity contribution in [1.82, 2.24) is 14.7 Å². The van der Waals surface area contributed by atoms with Crippen molar-refractivity contribution >= 4 is 17.8 Å². The lowest BCUT2D eigenvalue weighted by molar-refractivity contribution is -0.134. The quantitative estimate of drug-likeness (QED) is 0.558. The lowest BCUT2D eigenvalue weighted by Gasteiger charge is -2.31. The number of hydrogen-bond acceptors (Lipinski definition) is 6. The molecule has 0 saturated carbocycles. The van der Waals surface area contributed by atoms with Gasteiger partial charge in [0.05, 0.1) is 0 Å². The number of likely N-dealkylation sites (N-methyl/N-ethyl adjacent to an activating group) is 2. The lowest BCUT2D eigenvalue weighted by Crippen LogP contribution is -2.53. The Hall–Kier alpha value is -2.19. The number of carbonyl (C=O) groups is 3. The zero-order chi connectivity index (χ0) is 18.0. The van der Waals surface area contributed by atoms with E-state index in [-0.39, 0.29) is 18.0 Å². The van der Waals surface area contributed by atoms with Crippen molar-refractivity contribution in [3.05, 3.63) is 23.9 Å². The van der Waals surface area contributed by atoms with Crippen molar-refractivity contribution in [2.45, 2.75) is 38.1 Å². The summed E-state index contributed by atoms with van der Waals surface area (Å²) in [5.41, 5.74) is -0.0412. The molecule has 25 heavy (non-hydrogen) atoms. The zero-order valence-electron chi connectivity index (χ0n) is 14.5. The van der Waals surface area contributed by atoms with Crippen LogP contribution >= 0.6 is 0 Å². The van der Waals surface area contributed by atoms with Gasteiger partial charge in [0.15, 0.2) is 0 Å². The number of urea groups is 1. The number of allylic oxidation sites excluding steroid dienone is 2. The smallest absolute Gasteiger partial charge is 0.333 e. The van der Waals surface area contributed by atoms with Gasteiger partial charge in [-0.2, -0.15) is 0 Å². The van der Waals surface area contributed by atoms with E-state index >= 15 is 0 Å². The highest BCUT2D eigenvalue weighted by Crippen LogP contribution is 2.25. The molecule has 0 aromatic rings. The molecule has 4 amide bonds. The van der Waals surface area contributed by atoms with Gasteiger partial charge >= 0.3 is 6.03 Å². The Balaban J connectivity index is 1.78. The molecule has 0 aromatic heterocycles. The average molecular weight is 349 g/mol. The summed E-state index contributed by atoms with van der Waals surface area (Å²) in [5.74, 6) is -1.20. The SMILES string of the molecule is CN1C(=O)C(=C/C=C/N(C2CCCO2)C2CCCO2)C(=O)N(C)C1=O. The first-order chi connectivity index (χ1) is 12.0. The van der Waals surface area contributed by atoms with Gasteiger partial charge < -0.3 is 14.4 Å². The predicted molar refractivity (Wildman–Crippen MR) is 87.9 cm³/mol. The molecule has 0 aromatic carbocycles. The van der Waals surface area contributed by atoms with E-state index in [4.69, 9.17) is 9.47 Å². The lowest BCUT2D eigenvalue weighted by atomic mass is 10.1. The molecule has 3 aliphatic heterocycles. The monoisotopic (exact) mass is 349 g/mol. The summed E-state index contributed by atoms with van der Waals surface area (Å²) in [4.78, 5) is 40.0. The fourth-order valence-corrected chi connectivity index (χ4v) is 3.20. The fraction of sp³-hybridized carbons (Fsp3) is 0.588. The molecule has 2 unspecified atom stereocenters. The van der Waals surface area contributed by atoms with Gasteiger partial charge in [0.25, 0.3) is 11.8 Å². The highest BCUT2D eigenvalue weighted by molar-refractivity contribution is 6.28. The van der Waals surface area contributed by atoms with E-state index in [0.29, 0.717) is 0 Å². The minimum absolute atomic E-state index is 0.0412. The molecule has 3 saturated heterocycles. The van der Waals surface area contributed by atoms with Crippen LogP contribution in [0.5, 0.6) is 0 Å². The van der Waals surface area contributed by atoms with Gasteiger partial charge in [-0.25, -0.2) is 4.79 Å². The summed E-state index contributed by atoms with van der Waals surface area (Å²) in [6, 6.07) is -0.628. The molecule has 2 atom stereocenters. The standard InChI is InChI=1S/C17H23N3O5/c1-18-15(21)12(16(22)19(2)17(18)23)6-3-9-20(13-7-4-10-24-13)14-8-5-11-25-14/h3,6,9,13-14H,4-5,7-8,10-11H2,1-2H3/b9-3+. The topological polar surface area (TPSA) is 79.4 Å². The second-order valence-electron chi connectivity index (χ2n) is 6.32. The van der Waals surface area contributed by atoms with Gasteiger partial charge in [-0.3, -0.25) is 19.4 Å². The molecule has 3 aliphatic rings. The number of imide groups is 2. The molecule has 8 nitrogen and oxygen atoms in total. The molecule has 3 heterocycles. The van der Waals surface area contributed by atoms with Crippen LogP contribution in [0, 0.1) is 0 Å². The zero-order valence-corrected chi connectivity index (χ0v) is 14.5. The van der Waals surface area contributed by atoms with Crippen LogP contribution in [0.15, 0.2) is 23.9 Å². The number of carbonyl (C=O) groups excluding carboxylic acids is 3. The van der Waals surface area contributed by atoms with E-state index in [1.807, 2.05) is 4.90 Å². The Labute approximate surface area is 146 Å². The predicted octanol–water partition coefficient (Wildman–Crippen LogP) is 1.05. The van der Waals surface area contributed by atoms with Crippen LogP contribution in [0.3, 0.4) is 0 Å². The second-order valence-corrected chi connectivity index (χ2v) is 6.32. The van der Waals surface area contributed by atoms with E-state index in [9.17, 15) is 14.4 Å². The third-order valence-electron chi connectivity index (χ3n) is 4.64. The number of rotatable bonds is 4. The Kier molecular flexibility index (Phi) is 5.19. The first-order valence-corrected chi connectivity index (χ1v) is 8.50. The number of hydrogen-bond donors (Lipinski definition) is 0. The van der Waals surface area contributed by atoms with Crippen LogP contribution in [-0.4, -0.2) is 72.3 Å². The largest absolute Gasteiger partial charge is 0.358 e. The minimum Gasteiger partial charge on any atom is -0.358 e. The maximum Gasteiger partial charge on any atom is 0.333 e. The molecule has 0 N–H and O–H groups in total. The molecule has 3 fully saturated rings. The Morgan fingerprint density at radius 2 is 1.48 bits per heavy atom. The minimum atomic E-state index is -0.628. The molecule has 0 aliphatic carbocycles. The summed E-state index contributed by atoms with van der Waals surface area (Å²) >= 11 is 0. The maximum absolute atomic E-state index is 12.2. The van der Waals surface area contributed by atoms with Crippen molar-refractivity contribution in [2.75, 3.05) is 27.3 Å².